The first-order valence-corrected chi connectivity index (χ1v) is 3.93. The average molecular weight is 199 g/mol. The van der Waals surface area contributed by atoms with Crippen LogP contribution in [0.4, 0.5) is 4.79 Å². The lowest BCUT2D eigenvalue weighted by Gasteiger charge is -2.08. The van der Waals surface area contributed by atoms with E-state index in [9.17, 15) is 9.59 Å². The number of hydrogen-bond donors (Lipinski definition) is 1. The Morgan fingerprint density at radius 3 is 2.64 bits per heavy atom. The number of esters is 1. The number of nitrogens with two attached hydrogens (primary N) is 1. The lowest BCUT2D eigenvalue weighted by Crippen LogP contribution is -2.20. The lowest BCUT2D eigenvalue weighted by atomic mass is 10.2. The van der Waals surface area contributed by atoms with E-state index in [-0.39, 0.29) is 0 Å². The highest BCUT2D eigenvalue weighted by Gasteiger charge is 2.05. The summed E-state index contributed by atoms with van der Waals surface area (Å²) >= 11 is 0. The summed E-state index contributed by atoms with van der Waals surface area (Å²) in [6.07, 6.45) is 3.12. The molecule has 0 radical (unpaired) electrons. The Kier molecular flexibility index (Phi) is 5.85. The van der Waals surface area contributed by atoms with Crippen LogP contribution in [0.3, 0.4) is 0 Å². The van der Waals surface area contributed by atoms with Crippen LogP contribution >= 0.6 is 0 Å². The molecule has 0 spiro atoms. The number of rotatable bonds is 5. The molecule has 5 heteroatoms. The Balaban J connectivity index is 3.95. The number of hydrogen-bond acceptors (Lipinski definition) is 4. The minimum Gasteiger partial charge on any atom is -0.466 e. The van der Waals surface area contributed by atoms with Crippen LogP contribution in [0, 0.1) is 0 Å². The van der Waals surface area contributed by atoms with E-state index in [2.05, 4.69) is 16.1 Å². The molecule has 0 aromatic carbocycles. The van der Waals surface area contributed by atoms with Crippen LogP contribution in [0.15, 0.2) is 24.8 Å². The summed E-state index contributed by atoms with van der Waals surface area (Å²) < 4.78 is 9.00. The average Bonchev–Trinajstić information content (AvgIpc) is 2.15. The van der Waals surface area contributed by atoms with Gasteiger partial charge in [0.05, 0.1) is 7.11 Å². The summed E-state index contributed by atoms with van der Waals surface area (Å²) in [7, 11) is 1.28. The fourth-order valence-corrected chi connectivity index (χ4v) is 0.708. The highest BCUT2D eigenvalue weighted by atomic mass is 16.6. The molecule has 0 unspecified atom stereocenters. The second kappa shape index (κ2) is 6.71. The predicted octanol–water partition coefficient (Wildman–Crippen LogP) is 0.756. The van der Waals surface area contributed by atoms with Crippen molar-refractivity contribution in [1.82, 2.24) is 0 Å². The third kappa shape index (κ3) is 5.82. The second-order valence-electron chi connectivity index (χ2n) is 2.37. The summed E-state index contributed by atoms with van der Waals surface area (Å²) in [5.74, 6) is -0.466. The van der Waals surface area contributed by atoms with E-state index in [1.54, 1.807) is 0 Å². The summed E-state index contributed by atoms with van der Waals surface area (Å²) in [4.78, 5) is 21.0. The van der Waals surface area contributed by atoms with Crippen LogP contribution in [0.2, 0.25) is 0 Å². The van der Waals surface area contributed by atoms with Crippen LogP contribution in [-0.2, 0) is 14.3 Å². The van der Waals surface area contributed by atoms with Crippen LogP contribution in [-0.4, -0.2) is 25.3 Å². The third-order valence-electron chi connectivity index (χ3n) is 1.35. The zero-order valence-corrected chi connectivity index (χ0v) is 7.93. The van der Waals surface area contributed by atoms with Gasteiger partial charge in [-0.3, -0.25) is 0 Å². The van der Waals surface area contributed by atoms with Gasteiger partial charge in [0.15, 0.2) is 0 Å². The van der Waals surface area contributed by atoms with E-state index in [4.69, 9.17) is 5.73 Å². The van der Waals surface area contributed by atoms with Crippen LogP contribution in [0.5, 0.6) is 0 Å². The number of methoxy groups -OCH3 is 1. The molecular weight excluding hydrogens is 186 g/mol. The van der Waals surface area contributed by atoms with Crippen LogP contribution in [0.25, 0.3) is 0 Å². The van der Waals surface area contributed by atoms with E-state index < -0.39 is 18.2 Å². The van der Waals surface area contributed by atoms with Gasteiger partial charge in [-0.05, 0) is 0 Å². The Hall–Kier alpha value is -1.78. The number of amides is 1. The predicted molar refractivity (Wildman–Crippen MR) is 50.4 cm³/mol. The molecular formula is C9H13NO4. The number of carbonyl (C=O) groups is 2. The summed E-state index contributed by atoms with van der Waals surface area (Å²) in [5.41, 5.74) is 4.80. The molecule has 0 aliphatic heterocycles. The first-order valence-electron chi connectivity index (χ1n) is 3.93. The van der Waals surface area contributed by atoms with Crippen molar-refractivity contribution in [2.75, 3.05) is 7.11 Å². The topological polar surface area (TPSA) is 78.6 Å². The Morgan fingerprint density at radius 2 is 2.21 bits per heavy atom. The summed E-state index contributed by atoms with van der Waals surface area (Å²) in [6, 6.07) is 0. The molecule has 0 saturated heterocycles. The molecule has 0 saturated carbocycles. The molecule has 0 fully saturated rings. The number of carbonyl (C=O) groups excluding carboxylic acids is 2. The molecule has 2 N–H and O–H groups in total. The molecule has 5 nitrogen and oxygen atoms in total. The van der Waals surface area contributed by atoms with Gasteiger partial charge in [-0.2, -0.15) is 0 Å². The molecule has 1 atom stereocenters. The zero-order chi connectivity index (χ0) is 11.0. The summed E-state index contributed by atoms with van der Waals surface area (Å²) in [5, 5.41) is 0. The maximum atomic E-state index is 10.6. The first-order chi connectivity index (χ1) is 6.60. The van der Waals surface area contributed by atoms with Crippen molar-refractivity contribution in [3.8, 4) is 0 Å². The van der Waals surface area contributed by atoms with Crippen molar-refractivity contribution in [1.29, 1.82) is 0 Å². The second-order valence-corrected chi connectivity index (χ2v) is 2.37. The van der Waals surface area contributed by atoms with Crippen molar-refractivity contribution in [2.24, 2.45) is 5.73 Å². The van der Waals surface area contributed by atoms with E-state index in [1.165, 1.54) is 25.3 Å². The smallest absolute Gasteiger partial charge is 0.405 e. The van der Waals surface area contributed by atoms with Crippen molar-refractivity contribution >= 4 is 12.1 Å². The lowest BCUT2D eigenvalue weighted by molar-refractivity contribution is -0.134. The van der Waals surface area contributed by atoms with E-state index in [0.717, 1.165) is 0 Å². The molecule has 78 valence electrons. The fraction of sp³-hybridized carbons (Fsp3) is 0.333. The monoisotopic (exact) mass is 199 g/mol. The summed E-state index contributed by atoms with van der Waals surface area (Å²) in [6.45, 7) is 3.45. The Morgan fingerprint density at radius 1 is 1.57 bits per heavy atom. The van der Waals surface area contributed by atoms with Crippen LogP contribution < -0.4 is 5.73 Å². The first kappa shape index (κ1) is 12.2. The van der Waals surface area contributed by atoms with Gasteiger partial charge in [-0.25, -0.2) is 9.59 Å². The number of ether oxygens (including phenoxy) is 2. The Labute approximate surface area is 82.2 Å². The highest BCUT2D eigenvalue weighted by molar-refractivity contribution is 5.81. The maximum absolute atomic E-state index is 10.6. The number of primary amides is 1. The maximum Gasteiger partial charge on any atom is 0.405 e. The molecule has 0 bridgehead atoms. The van der Waals surface area contributed by atoms with Gasteiger partial charge in [-0.15, -0.1) is 0 Å². The Bertz CT molecular complexity index is 247. The molecule has 0 heterocycles. The highest BCUT2D eigenvalue weighted by Crippen LogP contribution is 2.00. The van der Waals surface area contributed by atoms with Crippen molar-refractivity contribution in [3.63, 3.8) is 0 Å². The normalized spacial score (nSPS) is 12.1. The molecule has 14 heavy (non-hydrogen) atoms. The minimum atomic E-state index is -0.874. The van der Waals surface area contributed by atoms with Gasteiger partial charge in [0, 0.05) is 12.5 Å². The van der Waals surface area contributed by atoms with E-state index >= 15 is 0 Å². The molecule has 0 aromatic rings. The fourth-order valence-electron chi connectivity index (χ4n) is 0.708. The molecule has 0 rings (SSSR count). The van der Waals surface area contributed by atoms with Gasteiger partial charge < -0.3 is 15.2 Å². The van der Waals surface area contributed by atoms with Gasteiger partial charge in [0.1, 0.15) is 6.10 Å². The van der Waals surface area contributed by atoms with Gasteiger partial charge in [-0.1, -0.05) is 18.7 Å². The molecule has 1 amide bonds. The SMILES string of the molecule is C=C[C@H](C/C=C/C(=O)OC)OC(N)=O. The molecule has 0 aliphatic rings. The molecule has 0 aromatic heterocycles. The van der Waals surface area contributed by atoms with E-state index in [1.807, 2.05) is 0 Å². The van der Waals surface area contributed by atoms with Gasteiger partial charge in [0.2, 0.25) is 0 Å². The molecule has 0 aliphatic carbocycles. The third-order valence-corrected chi connectivity index (χ3v) is 1.35. The van der Waals surface area contributed by atoms with Gasteiger partial charge in [0.25, 0.3) is 0 Å². The van der Waals surface area contributed by atoms with Crippen molar-refractivity contribution in [3.05, 3.63) is 24.8 Å². The minimum absolute atomic E-state index is 0.335. The standard InChI is InChI=1S/C9H13NO4/c1-3-7(14-9(10)12)5-4-6-8(11)13-2/h3-4,6-7H,1,5H2,2H3,(H2,10,12)/b6-4+/t7-/m1/s1. The van der Waals surface area contributed by atoms with Gasteiger partial charge >= 0.3 is 12.1 Å². The van der Waals surface area contributed by atoms with E-state index in [0.29, 0.717) is 6.42 Å². The largest absolute Gasteiger partial charge is 0.466 e. The van der Waals surface area contributed by atoms with Crippen molar-refractivity contribution < 1.29 is 19.1 Å². The van der Waals surface area contributed by atoms with Crippen LogP contribution in [0.1, 0.15) is 6.42 Å². The van der Waals surface area contributed by atoms with Crippen molar-refractivity contribution in [2.45, 2.75) is 12.5 Å². The zero-order valence-electron chi connectivity index (χ0n) is 7.93. The quantitative estimate of drug-likeness (QED) is 0.402.